The maximum atomic E-state index is 12.5. The molecule has 4 aromatic rings. The minimum absolute atomic E-state index is 0.0444. The summed E-state index contributed by atoms with van der Waals surface area (Å²) < 4.78 is 16.4. The number of aryl methyl sites for hydroxylation is 1. The van der Waals surface area contributed by atoms with Crippen LogP contribution < -0.4 is 26.0 Å². The Hall–Kier alpha value is -5.12. The van der Waals surface area contributed by atoms with Crippen LogP contribution >= 0.6 is 23.2 Å². The van der Waals surface area contributed by atoms with E-state index in [1.165, 1.54) is 25.3 Å². The monoisotopic (exact) mass is 728 g/mol. The van der Waals surface area contributed by atoms with Gasteiger partial charge in [0.1, 0.15) is 23.5 Å². The lowest BCUT2D eigenvalue weighted by Crippen LogP contribution is -2.33. The van der Waals surface area contributed by atoms with E-state index >= 15 is 0 Å². The van der Waals surface area contributed by atoms with Gasteiger partial charge in [-0.05, 0) is 60.5 Å². The van der Waals surface area contributed by atoms with E-state index in [1.807, 2.05) is 24.3 Å². The number of benzene rings is 2. The van der Waals surface area contributed by atoms with Crippen molar-refractivity contribution in [2.45, 2.75) is 19.1 Å². The van der Waals surface area contributed by atoms with Crippen molar-refractivity contribution < 1.29 is 23.8 Å². The molecule has 0 saturated carbocycles. The zero-order chi connectivity index (χ0) is 36.3. The molecular formula is C36H34Cl2N8O5. The maximum absolute atomic E-state index is 12.5. The van der Waals surface area contributed by atoms with Crippen molar-refractivity contribution in [3.63, 3.8) is 0 Å². The molecule has 2 aliphatic heterocycles. The number of nitriles is 2. The van der Waals surface area contributed by atoms with Crippen LogP contribution in [-0.2, 0) is 9.47 Å². The lowest BCUT2D eigenvalue weighted by molar-refractivity contribution is 0.0276. The van der Waals surface area contributed by atoms with Crippen LogP contribution in [0.2, 0.25) is 10.0 Å². The predicted molar refractivity (Wildman–Crippen MR) is 191 cm³/mol. The quantitative estimate of drug-likeness (QED) is 0.192. The Balaban J connectivity index is 0.000000198. The smallest absolute Gasteiger partial charge is 0.256 e. The fraction of sp³-hybridized carbons (Fsp3) is 0.278. The van der Waals surface area contributed by atoms with Gasteiger partial charge in [0.05, 0.1) is 54.0 Å². The molecule has 2 aromatic carbocycles. The lowest BCUT2D eigenvalue weighted by Gasteiger charge is -2.24. The Bertz CT molecular complexity index is 1990. The number of nitrogens with zero attached hydrogens (tertiary/aromatic N) is 4. The van der Waals surface area contributed by atoms with Crippen LogP contribution in [0.4, 0.5) is 11.4 Å². The fourth-order valence-electron chi connectivity index (χ4n) is 5.27. The summed E-state index contributed by atoms with van der Waals surface area (Å²) in [5.41, 5.74) is 4.40. The number of anilines is 2. The molecule has 0 radical (unpaired) electrons. The van der Waals surface area contributed by atoms with Gasteiger partial charge in [0, 0.05) is 49.1 Å². The van der Waals surface area contributed by atoms with Crippen molar-refractivity contribution in [1.29, 1.82) is 10.5 Å². The van der Waals surface area contributed by atoms with Gasteiger partial charge in [0.15, 0.2) is 0 Å². The highest BCUT2D eigenvalue weighted by Gasteiger charge is 2.19. The van der Waals surface area contributed by atoms with Gasteiger partial charge in [-0.1, -0.05) is 35.3 Å². The van der Waals surface area contributed by atoms with E-state index in [0.29, 0.717) is 45.9 Å². The molecule has 0 bridgehead atoms. The Labute approximate surface area is 304 Å². The zero-order valence-corrected chi connectivity index (χ0v) is 29.3. The number of hydrogen-bond acceptors (Lipinski definition) is 11. The van der Waals surface area contributed by atoms with Gasteiger partial charge in [-0.25, -0.2) is 9.97 Å². The molecule has 262 valence electrons. The molecule has 2 atom stereocenters. The highest BCUT2D eigenvalue weighted by Crippen LogP contribution is 2.30. The average Bonchev–Trinajstić information content (AvgIpc) is 3.16. The largest absolute Gasteiger partial charge is 0.481 e. The molecule has 0 spiro atoms. The normalized spacial score (nSPS) is 16.7. The molecular weight excluding hydrogens is 695 g/mol. The summed E-state index contributed by atoms with van der Waals surface area (Å²) in [7, 11) is 1.42. The first kappa shape index (κ1) is 37.1. The van der Waals surface area contributed by atoms with Crippen molar-refractivity contribution in [2.24, 2.45) is 0 Å². The third kappa shape index (κ3) is 9.99. The summed E-state index contributed by atoms with van der Waals surface area (Å²) in [4.78, 5) is 32.9. The molecule has 2 aromatic heterocycles. The molecule has 2 fully saturated rings. The van der Waals surface area contributed by atoms with E-state index in [2.05, 4.69) is 31.2 Å². The van der Waals surface area contributed by atoms with Crippen LogP contribution in [0.5, 0.6) is 5.88 Å². The third-order valence-corrected chi connectivity index (χ3v) is 8.42. The van der Waals surface area contributed by atoms with E-state index in [0.717, 1.165) is 37.3 Å². The van der Waals surface area contributed by atoms with Gasteiger partial charge in [-0.15, -0.1) is 0 Å². The Morgan fingerprint density at radius 3 is 1.71 bits per heavy atom. The van der Waals surface area contributed by atoms with Gasteiger partial charge in [0.25, 0.3) is 11.8 Å². The van der Waals surface area contributed by atoms with Crippen LogP contribution in [0.25, 0.3) is 0 Å². The van der Waals surface area contributed by atoms with Crippen molar-refractivity contribution >= 4 is 46.4 Å². The van der Waals surface area contributed by atoms with Crippen LogP contribution in [0.3, 0.4) is 0 Å². The van der Waals surface area contributed by atoms with Crippen molar-refractivity contribution in [3.05, 3.63) is 110 Å². The van der Waals surface area contributed by atoms with Crippen LogP contribution in [0.15, 0.2) is 60.7 Å². The second kappa shape index (κ2) is 17.7. The number of hydrogen-bond donors (Lipinski definition) is 4. The van der Waals surface area contributed by atoms with Crippen LogP contribution in [-0.4, -0.2) is 68.3 Å². The lowest BCUT2D eigenvalue weighted by atomic mass is 10.1. The molecule has 51 heavy (non-hydrogen) atoms. The highest BCUT2D eigenvalue weighted by atomic mass is 35.5. The SMILES string of the molecule is COc1cc(C(=O)Nc2ccc([C@H]3CNCCO3)cc2Cl)cc(C#N)n1.Cc1cc(C(=O)Nc2ccc([C@H]3CNCCO3)cc2Cl)cc(C#N)n1. The molecule has 2 amide bonds. The Morgan fingerprint density at radius 1 is 0.784 bits per heavy atom. The number of nitrogens with one attached hydrogen (secondary N) is 4. The number of halogens is 2. The number of amides is 2. The van der Waals surface area contributed by atoms with Crippen molar-refractivity contribution in [2.75, 3.05) is 57.1 Å². The van der Waals surface area contributed by atoms with E-state index in [9.17, 15) is 9.59 Å². The molecule has 2 saturated heterocycles. The summed E-state index contributed by atoms with van der Waals surface area (Å²) >= 11 is 12.6. The number of aromatic nitrogens is 2. The standard InChI is InChI=1S/C18H17ClN4O3.C18H17ClN4O2/c1-25-17-8-12(6-13(9-20)22-17)18(24)23-15-3-2-11(7-14(15)19)16-10-21-4-5-26-16;1-11-6-13(7-14(9-20)22-11)18(24)23-16-3-2-12(8-15(16)19)17-10-21-4-5-25-17/h2-3,6-8,16,21H,4-5,10H2,1H3,(H,23,24);2-3,6-8,17,21H,4-5,10H2,1H3,(H,23,24)/t16-;17-/m11/s1. The number of carbonyl (C=O) groups excluding carboxylic acids is 2. The van der Waals surface area contributed by atoms with E-state index in [1.54, 1.807) is 37.3 Å². The third-order valence-electron chi connectivity index (χ3n) is 7.80. The number of methoxy groups -OCH3 is 1. The molecule has 15 heteroatoms. The molecule has 6 rings (SSSR count). The predicted octanol–water partition coefficient (Wildman–Crippen LogP) is 5.36. The second-order valence-electron chi connectivity index (χ2n) is 11.4. The Morgan fingerprint density at radius 2 is 1.27 bits per heavy atom. The first-order chi connectivity index (χ1) is 24.7. The van der Waals surface area contributed by atoms with Gasteiger partial charge >= 0.3 is 0 Å². The summed E-state index contributed by atoms with van der Waals surface area (Å²) in [5, 5.41) is 30.9. The van der Waals surface area contributed by atoms with Gasteiger partial charge in [-0.3, -0.25) is 9.59 Å². The summed E-state index contributed by atoms with van der Waals surface area (Å²) in [6, 6.07) is 20.6. The number of morpholine rings is 2. The van der Waals surface area contributed by atoms with Gasteiger partial charge in [-0.2, -0.15) is 10.5 Å². The summed E-state index contributed by atoms with van der Waals surface area (Å²) in [6.07, 6.45) is -0.106. The number of carbonyl (C=O) groups is 2. The minimum Gasteiger partial charge on any atom is -0.481 e. The molecule has 0 aliphatic carbocycles. The van der Waals surface area contributed by atoms with E-state index in [-0.39, 0.29) is 40.9 Å². The number of pyridine rings is 2. The zero-order valence-electron chi connectivity index (χ0n) is 27.8. The van der Waals surface area contributed by atoms with Gasteiger partial charge in [0.2, 0.25) is 5.88 Å². The molecule has 2 aliphatic rings. The maximum Gasteiger partial charge on any atom is 0.256 e. The number of rotatable bonds is 7. The van der Waals surface area contributed by atoms with E-state index < -0.39 is 5.91 Å². The Kier molecular flexibility index (Phi) is 12.9. The first-order valence-corrected chi connectivity index (χ1v) is 16.6. The highest BCUT2D eigenvalue weighted by molar-refractivity contribution is 6.34. The average molecular weight is 730 g/mol. The molecule has 13 nitrogen and oxygen atoms in total. The summed E-state index contributed by atoms with van der Waals surface area (Å²) in [6.45, 7) is 6.16. The first-order valence-electron chi connectivity index (χ1n) is 15.9. The van der Waals surface area contributed by atoms with Crippen molar-refractivity contribution in [1.82, 2.24) is 20.6 Å². The molecule has 4 heterocycles. The van der Waals surface area contributed by atoms with Crippen LogP contribution in [0, 0.1) is 29.6 Å². The van der Waals surface area contributed by atoms with Gasteiger partial charge < -0.3 is 35.5 Å². The fourth-order valence-corrected chi connectivity index (χ4v) is 5.74. The summed E-state index contributed by atoms with van der Waals surface area (Å²) in [5.74, 6) is -0.558. The topological polar surface area (TPSA) is 183 Å². The number of ether oxygens (including phenoxy) is 3. The molecule has 0 unspecified atom stereocenters. The second-order valence-corrected chi connectivity index (χ2v) is 12.2. The molecule has 4 N–H and O–H groups in total. The van der Waals surface area contributed by atoms with Crippen molar-refractivity contribution in [3.8, 4) is 18.0 Å². The van der Waals surface area contributed by atoms with Crippen LogP contribution in [0.1, 0.15) is 61.1 Å². The minimum atomic E-state index is -0.410. The van der Waals surface area contributed by atoms with E-state index in [4.69, 9.17) is 47.9 Å².